The summed E-state index contributed by atoms with van der Waals surface area (Å²) in [5.41, 5.74) is 3.35. The summed E-state index contributed by atoms with van der Waals surface area (Å²) in [6, 6.07) is 10.3. The Balaban J connectivity index is 1.95. The minimum absolute atomic E-state index is 0.148. The van der Waals surface area contributed by atoms with E-state index in [9.17, 15) is 9.59 Å². The molecule has 27 heavy (non-hydrogen) atoms. The maximum Gasteiger partial charge on any atom is 0.282 e. The molecule has 5 nitrogen and oxygen atoms in total. The summed E-state index contributed by atoms with van der Waals surface area (Å²) in [4.78, 5) is 25.6. The molecule has 0 saturated heterocycles. The number of benzene rings is 2. The first kappa shape index (κ1) is 21.2. The van der Waals surface area contributed by atoms with Crippen molar-refractivity contribution in [3.8, 4) is 0 Å². The number of hydrogen-bond donors (Lipinski definition) is 3. The van der Waals surface area contributed by atoms with Crippen molar-refractivity contribution in [3.05, 3.63) is 57.6 Å². The lowest BCUT2D eigenvalue weighted by Crippen LogP contribution is -3.14. The summed E-state index contributed by atoms with van der Waals surface area (Å²) in [7, 11) is 1.80. The Hall–Kier alpha value is -2.08. The molecule has 0 radical (unpaired) electrons. The molecule has 0 aromatic heterocycles. The van der Waals surface area contributed by atoms with Gasteiger partial charge in [0.05, 0.1) is 17.8 Å². The topological polar surface area (TPSA) is 62.6 Å². The molecular formula is C20H24Cl2N3O2+. The van der Waals surface area contributed by atoms with Crippen molar-refractivity contribution in [2.75, 3.05) is 24.2 Å². The van der Waals surface area contributed by atoms with Crippen LogP contribution in [-0.4, -0.2) is 31.4 Å². The van der Waals surface area contributed by atoms with Crippen molar-refractivity contribution in [1.29, 1.82) is 0 Å². The molecule has 2 aromatic carbocycles. The molecule has 2 aromatic rings. The van der Waals surface area contributed by atoms with E-state index in [2.05, 4.69) is 10.6 Å². The summed E-state index contributed by atoms with van der Waals surface area (Å²) in [5, 5.41) is 6.56. The molecule has 2 amide bonds. The minimum atomic E-state index is -0.443. The van der Waals surface area contributed by atoms with Crippen LogP contribution in [0.3, 0.4) is 0 Å². The minimum Gasteiger partial charge on any atom is -0.321 e. The van der Waals surface area contributed by atoms with Gasteiger partial charge in [-0.25, -0.2) is 0 Å². The monoisotopic (exact) mass is 408 g/mol. The maximum atomic E-state index is 12.5. The van der Waals surface area contributed by atoms with E-state index < -0.39 is 6.04 Å². The number of nitrogens with one attached hydrogen (secondary N) is 3. The van der Waals surface area contributed by atoms with Crippen LogP contribution in [0.25, 0.3) is 0 Å². The van der Waals surface area contributed by atoms with E-state index in [4.69, 9.17) is 23.2 Å². The zero-order valence-electron chi connectivity index (χ0n) is 15.8. The van der Waals surface area contributed by atoms with Gasteiger partial charge < -0.3 is 15.5 Å². The van der Waals surface area contributed by atoms with Gasteiger partial charge in [0.15, 0.2) is 12.6 Å². The number of hydrogen-bond acceptors (Lipinski definition) is 2. The lowest BCUT2D eigenvalue weighted by Gasteiger charge is -2.21. The number of quaternary nitrogens is 1. The highest BCUT2D eigenvalue weighted by Gasteiger charge is 2.24. The van der Waals surface area contributed by atoms with E-state index in [1.165, 1.54) is 0 Å². The normalized spacial score (nSPS) is 13.0. The third kappa shape index (κ3) is 5.96. The molecule has 2 atom stereocenters. The van der Waals surface area contributed by atoms with Gasteiger partial charge in [-0.1, -0.05) is 35.3 Å². The van der Waals surface area contributed by atoms with Gasteiger partial charge in [0.2, 0.25) is 0 Å². The van der Waals surface area contributed by atoms with Crippen molar-refractivity contribution >= 4 is 46.4 Å². The number of carbonyl (C=O) groups is 2. The van der Waals surface area contributed by atoms with E-state index >= 15 is 0 Å². The second-order valence-corrected chi connectivity index (χ2v) is 7.57. The van der Waals surface area contributed by atoms with Crippen LogP contribution < -0.4 is 15.5 Å². The first-order chi connectivity index (χ1) is 12.7. The van der Waals surface area contributed by atoms with Gasteiger partial charge in [0.1, 0.15) is 0 Å². The predicted octanol–water partition coefficient (Wildman–Crippen LogP) is 3.09. The van der Waals surface area contributed by atoms with Crippen LogP contribution in [0.4, 0.5) is 11.4 Å². The van der Waals surface area contributed by atoms with Gasteiger partial charge in [-0.05, 0) is 56.2 Å². The molecular weight excluding hydrogens is 385 g/mol. The van der Waals surface area contributed by atoms with Crippen LogP contribution in [0, 0.1) is 13.8 Å². The predicted molar refractivity (Wildman–Crippen MR) is 111 cm³/mol. The highest BCUT2D eigenvalue weighted by molar-refractivity contribution is 6.36. The average Bonchev–Trinajstić information content (AvgIpc) is 2.59. The van der Waals surface area contributed by atoms with Gasteiger partial charge in [-0.15, -0.1) is 0 Å². The van der Waals surface area contributed by atoms with Crippen LogP contribution in [0.15, 0.2) is 36.4 Å². The third-order valence-electron chi connectivity index (χ3n) is 4.43. The Labute approximate surface area is 169 Å². The molecule has 7 heteroatoms. The molecule has 0 spiro atoms. The van der Waals surface area contributed by atoms with Gasteiger partial charge in [0, 0.05) is 10.7 Å². The first-order valence-corrected chi connectivity index (χ1v) is 9.38. The molecule has 0 fully saturated rings. The second-order valence-electron chi connectivity index (χ2n) is 6.72. The van der Waals surface area contributed by atoms with Gasteiger partial charge in [-0.2, -0.15) is 0 Å². The number of carbonyl (C=O) groups excluding carboxylic acids is 2. The summed E-state index contributed by atoms with van der Waals surface area (Å²) >= 11 is 12.0. The first-order valence-electron chi connectivity index (χ1n) is 8.62. The molecule has 1 unspecified atom stereocenters. The Morgan fingerprint density at radius 2 is 1.74 bits per heavy atom. The summed E-state index contributed by atoms with van der Waals surface area (Å²) in [5.74, 6) is -0.373. The van der Waals surface area contributed by atoms with Gasteiger partial charge in [0.25, 0.3) is 11.8 Å². The lowest BCUT2D eigenvalue weighted by molar-refractivity contribution is -0.885. The van der Waals surface area contributed by atoms with Crippen molar-refractivity contribution in [2.24, 2.45) is 0 Å². The number of likely N-dealkylation sites (N-methyl/N-ethyl adjacent to an activating group) is 1. The SMILES string of the molecule is Cc1ccc(C)c(NC(=O)C[NH+](C)[C@H](C)C(=O)Nc2ccc(Cl)cc2Cl)c1. The van der Waals surface area contributed by atoms with Crippen molar-refractivity contribution < 1.29 is 14.5 Å². The molecule has 0 aliphatic heterocycles. The molecule has 0 aliphatic carbocycles. The van der Waals surface area contributed by atoms with E-state index in [1.807, 2.05) is 32.0 Å². The van der Waals surface area contributed by atoms with E-state index in [0.29, 0.717) is 15.7 Å². The highest BCUT2D eigenvalue weighted by atomic mass is 35.5. The van der Waals surface area contributed by atoms with Crippen LogP contribution in [0.1, 0.15) is 18.1 Å². The third-order valence-corrected chi connectivity index (χ3v) is 4.98. The number of rotatable bonds is 6. The molecule has 0 heterocycles. The lowest BCUT2D eigenvalue weighted by atomic mass is 10.1. The number of amides is 2. The van der Waals surface area contributed by atoms with E-state index in [-0.39, 0.29) is 18.4 Å². The average molecular weight is 409 g/mol. The summed E-state index contributed by atoms with van der Waals surface area (Å²) in [6.07, 6.45) is 0. The van der Waals surface area contributed by atoms with E-state index in [1.54, 1.807) is 32.2 Å². The van der Waals surface area contributed by atoms with Crippen molar-refractivity contribution in [2.45, 2.75) is 26.8 Å². The fourth-order valence-electron chi connectivity index (χ4n) is 2.53. The highest BCUT2D eigenvalue weighted by Crippen LogP contribution is 2.25. The van der Waals surface area contributed by atoms with Gasteiger partial charge in [-0.3, -0.25) is 9.59 Å². The Morgan fingerprint density at radius 1 is 1.04 bits per heavy atom. The van der Waals surface area contributed by atoms with Crippen molar-refractivity contribution in [3.63, 3.8) is 0 Å². The van der Waals surface area contributed by atoms with Crippen LogP contribution >= 0.6 is 23.2 Å². The molecule has 0 saturated carbocycles. The molecule has 0 bridgehead atoms. The van der Waals surface area contributed by atoms with Crippen LogP contribution in [-0.2, 0) is 9.59 Å². The summed E-state index contributed by atoms with van der Waals surface area (Å²) in [6.45, 7) is 5.84. The Bertz CT molecular complexity index is 855. The maximum absolute atomic E-state index is 12.5. The molecule has 2 rings (SSSR count). The molecule has 0 aliphatic rings. The fourth-order valence-corrected chi connectivity index (χ4v) is 2.98. The zero-order valence-corrected chi connectivity index (χ0v) is 17.3. The van der Waals surface area contributed by atoms with Crippen LogP contribution in [0.5, 0.6) is 0 Å². The standard InChI is InChI=1S/C20H23Cl2N3O2/c1-12-5-6-13(2)18(9-12)23-19(26)11-25(4)14(3)20(27)24-17-8-7-15(21)10-16(17)22/h5-10,14H,11H2,1-4H3,(H,23,26)(H,24,27)/p+1/t14-/m1/s1. The van der Waals surface area contributed by atoms with Crippen molar-refractivity contribution in [1.82, 2.24) is 0 Å². The Morgan fingerprint density at radius 3 is 2.41 bits per heavy atom. The molecule has 144 valence electrons. The summed E-state index contributed by atoms with van der Waals surface area (Å²) < 4.78 is 0. The quantitative estimate of drug-likeness (QED) is 0.687. The zero-order chi connectivity index (χ0) is 20.1. The van der Waals surface area contributed by atoms with E-state index in [0.717, 1.165) is 21.7 Å². The number of anilines is 2. The number of aryl methyl sites for hydroxylation is 2. The van der Waals surface area contributed by atoms with Crippen LogP contribution in [0.2, 0.25) is 10.0 Å². The second kappa shape index (κ2) is 9.22. The Kier molecular flexibility index (Phi) is 7.25. The smallest absolute Gasteiger partial charge is 0.282 e. The van der Waals surface area contributed by atoms with Gasteiger partial charge >= 0.3 is 0 Å². The largest absolute Gasteiger partial charge is 0.321 e. The number of halogens is 2. The fraction of sp³-hybridized carbons (Fsp3) is 0.300. The molecule has 3 N–H and O–H groups in total.